The highest BCUT2D eigenvalue weighted by Crippen LogP contribution is 2.36. The fourth-order valence-electron chi connectivity index (χ4n) is 2.98. The second-order valence-electron chi connectivity index (χ2n) is 5.99. The van der Waals surface area contributed by atoms with Gasteiger partial charge in [-0.3, -0.25) is 4.79 Å². The molecule has 2 fully saturated rings. The second-order valence-corrected chi connectivity index (χ2v) is 5.99. The zero-order valence-electron chi connectivity index (χ0n) is 12.2. The number of amides is 1. The highest BCUT2D eigenvalue weighted by molar-refractivity contribution is 5.73. The largest absolute Gasteiger partial charge is 0.352 e. The summed E-state index contributed by atoms with van der Waals surface area (Å²) < 4.78 is 0. The summed E-state index contributed by atoms with van der Waals surface area (Å²) in [6, 6.07) is 2.35. The van der Waals surface area contributed by atoms with Gasteiger partial charge in [0.2, 0.25) is 11.9 Å². The molecule has 1 aromatic rings. The Morgan fingerprint density at radius 2 is 2.15 bits per heavy atom. The molecule has 3 rings (SSSR count). The Balaban J connectivity index is 1.73. The van der Waals surface area contributed by atoms with E-state index in [9.17, 15) is 4.79 Å². The van der Waals surface area contributed by atoms with Gasteiger partial charge in [0.25, 0.3) is 0 Å². The highest BCUT2D eigenvalue weighted by atomic mass is 16.1. The van der Waals surface area contributed by atoms with E-state index in [2.05, 4.69) is 21.3 Å². The molecule has 2 heterocycles. The molecule has 20 heavy (non-hydrogen) atoms. The molecule has 1 N–H and O–H groups in total. The van der Waals surface area contributed by atoms with Crippen LogP contribution in [0.25, 0.3) is 0 Å². The van der Waals surface area contributed by atoms with Crippen LogP contribution in [0.3, 0.4) is 0 Å². The Kier molecular flexibility index (Phi) is 3.59. The van der Waals surface area contributed by atoms with Gasteiger partial charge >= 0.3 is 0 Å². The Hall–Kier alpha value is -1.65. The van der Waals surface area contributed by atoms with Crippen molar-refractivity contribution in [3.8, 4) is 0 Å². The van der Waals surface area contributed by atoms with Crippen LogP contribution >= 0.6 is 0 Å². The van der Waals surface area contributed by atoms with Crippen molar-refractivity contribution in [2.75, 3.05) is 18.0 Å². The number of rotatable bonds is 3. The predicted octanol–water partition coefficient (Wildman–Crippen LogP) is 1.77. The van der Waals surface area contributed by atoms with E-state index in [1.54, 1.807) is 6.92 Å². The minimum atomic E-state index is 0.0390. The van der Waals surface area contributed by atoms with Crippen LogP contribution in [0, 0.1) is 6.92 Å². The fourth-order valence-corrected chi connectivity index (χ4v) is 2.98. The average Bonchev–Trinajstić information content (AvgIpc) is 2.73. The summed E-state index contributed by atoms with van der Waals surface area (Å²) in [5, 5.41) is 2.98. The number of carbonyl (C=O) groups is 1. The monoisotopic (exact) mass is 274 g/mol. The molecule has 5 nitrogen and oxygen atoms in total. The second kappa shape index (κ2) is 5.38. The van der Waals surface area contributed by atoms with E-state index < -0.39 is 0 Å². The first-order valence-electron chi connectivity index (χ1n) is 7.49. The molecule has 1 atom stereocenters. The third-order valence-corrected chi connectivity index (χ3v) is 4.26. The summed E-state index contributed by atoms with van der Waals surface area (Å²) >= 11 is 0. The SMILES string of the molecule is CC(=O)NC1CCN(c2nc(C)cc(C3CCC3)n2)C1. The van der Waals surface area contributed by atoms with Crippen LogP contribution in [0.1, 0.15) is 49.9 Å². The Morgan fingerprint density at radius 3 is 2.80 bits per heavy atom. The maximum atomic E-state index is 11.1. The maximum absolute atomic E-state index is 11.1. The van der Waals surface area contributed by atoms with Crippen LogP contribution < -0.4 is 10.2 Å². The van der Waals surface area contributed by atoms with E-state index in [1.807, 2.05) is 6.92 Å². The lowest BCUT2D eigenvalue weighted by Crippen LogP contribution is -2.36. The van der Waals surface area contributed by atoms with Crippen LogP contribution in [0.4, 0.5) is 5.95 Å². The van der Waals surface area contributed by atoms with Crippen LogP contribution in [0.15, 0.2) is 6.07 Å². The molecule has 0 bridgehead atoms. The molecule has 108 valence electrons. The van der Waals surface area contributed by atoms with Crippen molar-refractivity contribution in [2.24, 2.45) is 0 Å². The van der Waals surface area contributed by atoms with Crippen molar-refractivity contribution in [3.05, 3.63) is 17.5 Å². The molecule has 1 saturated carbocycles. The molecule has 2 aliphatic rings. The van der Waals surface area contributed by atoms with Crippen LogP contribution in [-0.2, 0) is 4.79 Å². The van der Waals surface area contributed by atoms with Gasteiger partial charge in [0.1, 0.15) is 0 Å². The Labute approximate surface area is 119 Å². The van der Waals surface area contributed by atoms with Gasteiger partial charge in [-0.1, -0.05) is 6.42 Å². The molecule has 5 heteroatoms. The van der Waals surface area contributed by atoms with Crippen molar-refractivity contribution in [1.82, 2.24) is 15.3 Å². The van der Waals surface area contributed by atoms with Crippen molar-refractivity contribution in [2.45, 2.75) is 51.5 Å². The molecule has 1 saturated heterocycles. The van der Waals surface area contributed by atoms with Gasteiger partial charge in [-0.2, -0.15) is 0 Å². The number of nitrogens with zero attached hydrogens (tertiary/aromatic N) is 3. The summed E-state index contributed by atoms with van der Waals surface area (Å²) in [5.74, 6) is 1.50. The van der Waals surface area contributed by atoms with Crippen LogP contribution in [0.5, 0.6) is 0 Å². The third-order valence-electron chi connectivity index (χ3n) is 4.26. The minimum absolute atomic E-state index is 0.0390. The number of anilines is 1. The lowest BCUT2D eigenvalue weighted by atomic mass is 9.83. The van der Waals surface area contributed by atoms with E-state index >= 15 is 0 Å². The van der Waals surface area contributed by atoms with Crippen molar-refractivity contribution < 1.29 is 4.79 Å². The van der Waals surface area contributed by atoms with Crippen molar-refractivity contribution in [3.63, 3.8) is 0 Å². The average molecular weight is 274 g/mol. The lowest BCUT2D eigenvalue weighted by Gasteiger charge is -2.26. The van der Waals surface area contributed by atoms with E-state index in [4.69, 9.17) is 4.98 Å². The van der Waals surface area contributed by atoms with Gasteiger partial charge < -0.3 is 10.2 Å². The standard InChI is InChI=1S/C15H22N4O/c1-10-8-14(12-4-3-5-12)18-15(16-10)19-7-6-13(9-19)17-11(2)20/h8,12-13H,3-7,9H2,1-2H3,(H,17,20). The topological polar surface area (TPSA) is 58.1 Å². The maximum Gasteiger partial charge on any atom is 0.225 e. The molecule has 0 aromatic carbocycles. The molecule has 1 amide bonds. The molecular weight excluding hydrogens is 252 g/mol. The fraction of sp³-hybridized carbons (Fsp3) is 0.667. The Morgan fingerprint density at radius 1 is 1.35 bits per heavy atom. The molecule has 1 aliphatic heterocycles. The number of hydrogen-bond donors (Lipinski definition) is 1. The first kappa shape index (κ1) is 13.3. The smallest absolute Gasteiger partial charge is 0.225 e. The van der Waals surface area contributed by atoms with E-state index in [0.29, 0.717) is 5.92 Å². The van der Waals surface area contributed by atoms with Gasteiger partial charge in [0.05, 0.1) is 0 Å². The lowest BCUT2D eigenvalue weighted by molar-refractivity contribution is -0.119. The quantitative estimate of drug-likeness (QED) is 0.912. The number of nitrogens with one attached hydrogen (secondary N) is 1. The van der Waals surface area contributed by atoms with Crippen LogP contribution in [0.2, 0.25) is 0 Å². The summed E-state index contributed by atoms with van der Waals surface area (Å²) in [7, 11) is 0. The zero-order chi connectivity index (χ0) is 14.1. The Bertz CT molecular complexity index is 513. The third kappa shape index (κ3) is 2.76. The summed E-state index contributed by atoms with van der Waals surface area (Å²) in [4.78, 5) is 22.6. The first-order chi connectivity index (χ1) is 9.61. The molecule has 1 aromatic heterocycles. The van der Waals surface area contributed by atoms with E-state index in [0.717, 1.165) is 31.2 Å². The van der Waals surface area contributed by atoms with E-state index in [1.165, 1.54) is 25.0 Å². The van der Waals surface area contributed by atoms with Gasteiger partial charge in [-0.15, -0.1) is 0 Å². The minimum Gasteiger partial charge on any atom is -0.352 e. The summed E-state index contributed by atoms with van der Waals surface area (Å²) in [6.45, 7) is 5.33. The normalized spacial score (nSPS) is 22.7. The summed E-state index contributed by atoms with van der Waals surface area (Å²) in [5.41, 5.74) is 2.24. The van der Waals surface area contributed by atoms with Gasteiger partial charge in [0, 0.05) is 43.4 Å². The summed E-state index contributed by atoms with van der Waals surface area (Å²) in [6.07, 6.45) is 4.79. The number of aryl methyl sites for hydroxylation is 1. The molecule has 0 spiro atoms. The van der Waals surface area contributed by atoms with Gasteiger partial charge in [-0.25, -0.2) is 9.97 Å². The molecule has 0 radical (unpaired) electrons. The predicted molar refractivity (Wildman–Crippen MR) is 77.8 cm³/mol. The van der Waals surface area contributed by atoms with E-state index in [-0.39, 0.29) is 11.9 Å². The highest BCUT2D eigenvalue weighted by Gasteiger charge is 2.27. The van der Waals surface area contributed by atoms with Gasteiger partial charge in [-0.05, 0) is 32.3 Å². The number of aromatic nitrogens is 2. The zero-order valence-corrected chi connectivity index (χ0v) is 12.2. The van der Waals surface area contributed by atoms with Gasteiger partial charge in [0.15, 0.2) is 0 Å². The molecule has 1 aliphatic carbocycles. The molecule has 1 unspecified atom stereocenters. The van der Waals surface area contributed by atoms with Crippen molar-refractivity contribution in [1.29, 1.82) is 0 Å². The molecular formula is C15H22N4O. The van der Waals surface area contributed by atoms with Crippen LogP contribution in [-0.4, -0.2) is 35.0 Å². The number of carbonyl (C=O) groups excluding carboxylic acids is 1. The first-order valence-corrected chi connectivity index (χ1v) is 7.49. The number of hydrogen-bond acceptors (Lipinski definition) is 4. The van der Waals surface area contributed by atoms with Crippen molar-refractivity contribution >= 4 is 11.9 Å².